The number of halogens is 1. The van der Waals surface area contributed by atoms with Crippen molar-refractivity contribution in [1.82, 2.24) is 20.2 Å². The highest BCUT2D eigenvalue weighted by atomic mass is 35.5. The molecule has 18 heavy (non-hydrogen) atoms. The van der Waals surface area contributed by atoms with E-state index in [0.717, 1.165) is 11.3 Å². The molecule has 0 aliphatic carbocycles. The van der Waals surface area contributed by atoms with E-state index in [1.807, 2.05) is 6.92 Å². The Morgan fingerprint density at radius 1 is 1.44 bits per heavy atom. The zero-order valence-electron chi connectivity index (χ0n) is 9.41. The van der Waals surface area contributed by atoms with Crippen LogP contribution in [0.5, 0.6) is 0 Å². The van der Waals surface area contributed by atoms with Crippen LogP contribution in [-0.4, -0.2) is 33.8 Å². The minimum Gasteiger partial charge on any atom is -0.283 e. The van der Waals surface area contributed by atoms with Gasteiger partial charge in [0.1, 0.15) is 11.5 Å². The molecule has 0 aliphatic heterocycles. The van der Waals surface area contributed by atoms with Crippen LogP contribution in [0.2, 0.25) is 0 Å². The van der Waals surface area contributed by atoms with E-state index >= 15 is 0 Å². The van der Waals surface area contributed by atoms with Gasteiger partial charge in [-0.15, -0.1) is 16.7 Å². The smallest absolute Gasteiger partial charge is 0.246 e. The van der Waals surface area contributed by atoms with Gasteiger partial charge in [0.25, 0.3) is 0 Å². The molecule has 0 saturated carbocycles. The van der Waals surface area contributed by atoms with Gasteiger partial charge in [-0.3, -0.25) is 4.72 Å². The summed E-state index contributed by atoms with van der Waals surface area (Å²) in [5, 5.41) is 10.4. The molecule has 0 fully saturated rings. The quantitative estimate of drug-likeness (QED) is 0.844. The van der Waals surface area contributed by atoms with Crippen molar-refractivity contribution in [2.75, 3.05) is 9.93 Å². The molecule has 0 atom stereocenters. The topological polar surface area (TPSA) is 89.8 Å². The van der Waals surface area contributed by atoms with Crippen molar-refractivity contribution in [3.63, 3.8) is 0 Å². The lowest BCUT2D eigenvalue weighted by Crippen LogP contribution is -2.13. The Bertz CT molecular complexity index is 641. The highest BCUT2D eigenvalue weighted by Crippen LogP contribution is 2.18. The molecule has 2 aromatic rings. The Kier molecular flexibility index (Phi) is 3.48. The van der Waals surface area contributed by atoms with Gasteiger partial charge in [0.15, 0.2) is 0 Å². The van der Waals surface area contributed by atoms with Crippen LogP contribution in [0.3, 0.4) is 0 Å². The number of hydrogen-bond acceptors (Lipinski definition) is 5. The molecule has 0 aliphatic rings. The Labute approximate surface area is 109 Å². The van der Waals surface area contributed by atoms with Gasteiger partial charge in [0.05, 0.1) is 5.69 Å². The highest BCUT2D eigenvalue weighted by molar-refractivity contribution is 7.93. The molecular weight excluding hydrogens is 278 g/mol. The Hall–Kier alpha value is -1.67. The van der Waals surface area contributed by atoms with Crippen LogP contribution in [0.4, 0.5) is 5.69 Å². The van der Waals surface area contributed by atoms with E-state index in [4.69, 9.17) is 11.6 Å². The van der Waals surface area contributed by atoms with Crippen molar-refractivity contribution in [1.29, 1.82) is 0 Å². The molecule has 1 aromatic carbocycles. The fraction of sp³-hybridized carbons (Fsp3) is 0.222. The second-order valence-corrected chi connectivity index (χ2v) is 5.89. The van der Waals surface area contributed by atoms with Gasteiger partial charge in [0, 0.05) is 5.69 Å². The SMILES string of the molecule is Cc1cc(NS(=O)(=O)CCl)ccc1-n1cnnn1. The normalized spacial score (nSPS) is 11.4. The standard InChI is InChI=1S/C9H10ClN5O2S/c1-7-4-8(12-18(16,17)5-10)2-3-9(7)15-6-11-13-14-15/h2-4,6,12H,5H2,1H3. The van der Waals surface area contributed by atoms with Crippen molar-refractivity contribution in [3.8, 4) is 5.69 Å². The number of nitrogens with zero attached hydrogens (tertiary/aromatic N) is 4. The largest absolute Gasteiger partial charge is 0.283 e. The highest BCUT2D eigenvalue weighted by Gasteiger charge is 2.09. The molecule has 1 aromatic heterocycles. The lowest BCUT2D eigenvalue weighted by molar-refractivity contribution is 0.605. The van der Waals surface area contributed by atoms with Gasteiger partial charge in [-0.1, -0.05) is 0 Å². The van der Waals surface area contributed by atoms with E-state index in [1.165, 1.54) is 11.0 Å². The van der Waals surface area contributed by atoms with Crippen LogP contribution in [0.15, 0.2) is 24.5 Å². The Balaban J connectivity index is 2.31. The third kappa shape index (κ3) is 2.77. The van der Waals surface area contributed by atoms with E-state index in [-0.39, 0.29) is 0 Å². The summed E-state index contributed by atoms with van der Waals surface area (Å²) < 4.78 is 26.5. The lowest BCUT2D eigenvalue weighted by Gasteiger charge is -2.09. The number of rotatable bonds is 4. The lowest BCUT2D eigenvalue weighted by atomic mass is 10.2. The molecule has 0 amide bonds. The fourth-order valence-electron chi connectivity index (χ4n) is 1.45. The summed E-state index contributed by atoms with van der Waals surface area (Å²) in [7, 11) is -3.49. The Morgan fingerprint density at radius 2 is 2.22 bits per heavy atom. The van der Waals surface area contributed by atoms with Crippen molar-refractivity contribution in [3.05, 3.63) is 30.1 Å². The molecule has 96 valence electrons. The van der Waals surface area contributed by atoms with Crippen LogP contribution in [0.25, 0.3) is 5.69 Å². The van der Waals surface area contributed by atoms with Gasteiger partial charge in [0.2, 0.25) is 10.0 Å². The molecule has 7 nitrogen and oxygen atoms in total. The number of benzene rings is 1. The first-order valence-electron chi connectivity index (χ1n) is 4.92. The number of aryl methyl sites for hydroxylation is 1. The molecule has 2 rings (SSSR count). The average molecular weight is 288 g/mol. The van der Waals surface area contributed by atoms with Crippen LogP contribution in [-0.2, 0) is 10.0 Å². The molecule has 0 radical (unpaired) electrons. The Morgan fingerprint density at radius 3 is 2.78 bits per heavy atom. The first-order chi connectivity index (χ1) is 8.52. The van der Waals surface area contributed by atoms with E-state index in [1.54, 1.807) is 18.2 Å². The van der Waals surface area contributed by atoms with E-state index in [9.17, 15) is 8.42 Å². The summed E-state index contributed by atoms with van der Waals surface area (Å²) in [6.45, 7) is 1.83. The number of sulfonamides is 1. The monoisotopic (exact) mass is 287 g/mol. The van der Waals surface area contributed by atoms with Gasteiger partial charge in [-0.2, -0.15) is 0 Å². The average Bonchev–Trinajstić information content (AvgIpc) is 2.82. The van der Waals surface area contributed by atoms with E-state index < -0.39 is 15.2 Å². The van der Waals surface area contributed by atoms with Gasteiger partial charge >= 0.3 is 0 Å². The van der Waals surface area contributed by atoms with Crippen LogP contribution >= 0.6 is 11.6 Å². The van der Waals surface area contributed by atoms with Crippen molar-refractivity contribution in [2.24, 2.45) is 0 Å². The van der Waals surface area contributed by atoms with Crippen LogP contribution < -0.4 is 4.72 Å². The first kappa shape index (κ1) is 12.8. The summed E-state index contributed by atoms with van der Waals surface area (Å²) in [4.78, 5) is 0. The minimum absolute atomic E-state index is 0.449. The predicted molar refractivity (Wildman–Crippen MR) is 67.2 cm³/mol. The maximum Gasteiger partial charge on any atom is 0.246 e. The third-order valence-electron chi connectivity index (χ3n) is 2.21. The number of anilines is 1. The summed E-state index contributed by atoms with van der Waals surface area (Å²) in [6.07, 6.45) is 1.46. The van der Waals surface area contributed by atoms with Gasteiger partial charge in [-0.05, 0) is 41.1 Å². The molecular formula is C9H10ClN5O2S. The van der Waals surface area contributed by atoms with Crippen molar-refractivity contribution in [2.45, 2.75) is 6.92 Å². The second-order valence-electron chi connectivity index (χ2n) is 3.58. The van der Waals surface area contributed by atoms with Crippen LogP contribution in [0, 0.1) is 6.92 Å². The maximum absolute atomic E-state index is 11.3. The summed E-state index contributed by atoms with van der Waals surface area (Å²) >= 11 is 5.31. The predicted octanol–water partition coefficient (Wildman–Crippen LogP) is 0.909. The van der Waals surface area contributed by atoms with E-state index in [2.05, 4.69) is 20.2 Å². The molecule has 0 unspecified atom stereocenters. The van der Waals surface area contributed by atoms with Crippen molar-refractivity contribution >= 4 is 27.3 Å². The van der Waals surface area contributed by atoms with E-state index in [0.29, 0.717) is 5.69 Å². The summed E-state index contributed by atoms with van der Waals surface area (Å²) in [6, 6.07) is 5.02. The number of nitrogens with one attached hydrogen (secondary N) is 1. The number of aromatic nitrogens is 4. The third-order valence-corrected chi connectivity index (χ3v) is 3.91. The molecule has 1 N–H and O–H groups in total. The zero-order chi connectivity index (χ0) is 13.2. The molecule has 1 heterocycles. The molecule has 0 spiro atoms. The number of alkyl halides is 1. The number of tetrazole rings is 1. The summed E-state index contributed by atoms with van der Waals surface area (Å²) in [5.74, 6) is 0. The minimum atomic E-state index is -3.49. The van der Waals surface area contributed by atoms with Gasteiger partial charge < -0.3 is 0 Å². The summed E-state index contributed by atoms with van der Waals surface area (Å²) in [5.41, 5.74) is 2.05. The fourth-order valence-corrected chi connectivity index (χ4v) is 2.16. The van der Waals surface area contributed by atoms with Crippen LogP contribution in [0.1, 0.15) is 5.56 Å². The molecule has 0 saturated heterocycles. The second kappa shape index (κ2) is 4.91. The zero-order valence-corrected chi connectivity index (χ0v) is 11.0. The maximum atomic E-state index is 11.3. The van der Waals surface area contributed by atoms with Crippen molar-refractivity contribution < 1.29 is 8.42 Å². The molecule has 9 heteroatoms. The molecule has 0 bridgehead atoms. The first-order valence-corrected chi connectivity index (χ1v) is 7.11. The van der Waals surface area contributed by atoms with Gasteiger partial charge in [-0.25, -0.2) is 13.1 Å². The number of hydrogen-bond donors (Lipinski definition) is 1.